The van der Waals surface area contributed by atoms with Crippen LogP contribution in [0.3, 0.4) is 0 Å². The molecule has 0 aromatic carbocycles. The number of urea groups is 1. The number of nitrogens with one attached hydrogen (secondary N) is 2. The molecular formula is C11H17FN2O2. The van der Waals surface area contributed by atoms with Gasteiger partial charge in [0.2, 0.25) is 0 Å². The fraction of sp³-hybridized carbons (Fsp3) is 0.636. The second kappa shape index (κ2) is 6.25. The Kier molecular flexibility index (Phi) is 4.95. The fourth-order valence-electron chi connectivity index (χ4n) is 1.84. The van der Waals surface area contributed by atoms with E-state index in [0.29, 0.717) is 0 Å². The SMILES string of the molecule is CC1=C(C=O)CCCC1NC(=O)NCCF. The van der Waals surface area contributed by atoms with E-state index in [1.54, 1.807) is 0 Å². The molecule has 2 N–H and O–H groups in total. The van der Waals surface area contributed by atoms with E-state index in [0.717, 1.165) is 36.7 Å². The predicted octanol–water partition coefficient (Wildman–Crippen LogP) is 1.32. The number of allylic oxidation sites excluding steroid dienone is 1. The molecule has 90 valence electrons. The van der Waals surface area contributed by atoms with Crippen molar-refractivity contribution in [3.63, 3.8) is 0 Å². The molecule has 2 amide bonds. The molecule has 1 unspecified atom stereocenters. The van der Waals surface area contributed by atoms with E-state index in [-0.39, 0.29) is 18.6 Å². The number of halogens is 1. The van der Waals surface area contributed by atoms with E-state index in [2.05, 4.69) is 10.6 Å². The number of hydrogen-bond acceptors (Lipinski definition) is 2. The number of carbonyl (C=O) groups is 2. The summed E-state index contributed by atoms with van der Waals surface area (Å²) in [5, 5.41) is 5.13. The molecule has 1 aliphatic rings. The molecule has 1 rings (SSSR count). The molecule has 0 saturated carbocycles. The maximum absolute atomic E-state index is 11.8. The van der Waals surface area contributed by atoms with Crippen molar-refractivity contribution in [1.29, 1.82) is 0 Å². The van der Waals surface area contributed by atoms with Crippen LogP contribution in [-0.2, 0) is 4.79 Å². The highest BCUT2D eigenvalue weighted by molar-refractivity contribution is 5.77. The van der Waals surface area contributed by atoms with Crippen molar-refractivity contribution >= 4 is 12.3 Å². The molecule has 0 spiro atoms. The van der Waals surface area contributed by atoms with Crippen molar-refractivity contribution in [3.05, 3.63) is 11.1 Å². The van der Waals surface area contributed by atoms with Crippen LogP contribution in [0.15, 0.2) is 11.1 Å². The van der Waals surface area contributed by atoms with Crippen LogP contribution >= 0.6 is 0 Å². The summed E-state index contributed by atoms with van der Waals surface area (Å²) in [6.07, 6.45) is 3.34. The average molecular weight is 228 g/mol. The second-order valence-corrected chi connectivity index (χ2v) is 3.86. The first-order chi connectivity index (χ1) is 7.69. The zero-order valence-corrected chi connectivity index (χ0v) is 9.38. The van der Waals surface area contributed by atoms with Gasteiger partial charge in [0.15, 0.2) is 0 Å². The van der Waals surface area contributed by atoms with E-state index in [1.165, 1.54) is 0 Å². The van der Waals surface area contributed by atoms with Crippen molar-refractivity contribution in [2.45, 2.75) is 32.2 Å². The standard InChI is InChI=1S/C11H17FN2O2/c1-8-9(7-15)3-2-4-10(8)14-11(16)13-6-5-12/h7,10H,2-6H2,1H3,(H2,13,14,16). The first-order valence-corrected chi connectivity index (χ1v) is 5.44. The lowest BCUT2D eigenvalue weighted by Crippen LogP contribution is -2.44. The lowest BCUT2D eigenvalue weighted by atomic mass is 9.89. The highest BCUT2D eigenvalue weighted by Crippen LogP contribution is 2.23. The van der Waals surface area contributed by atoms with Crippen molar-refractivity contribution in [2.24, 2.45) is 0 Å². The number of rotatable bonds is 4. The van der Waals surface area contributed by atoms with Crippen LogP contribution in [0, 0.1) is 0 Å². The van der Waals surface area contributed by atoms with Gasteiger partial charge in [0.25, 0.3) is 0 Å². The maximum Gasteiger partial charge on any atom is 0.315 e. The van der Waals surface area contributed by atoms with Gasteiger partial charge in [-0.1, -0.05) is 0 Å². The summed E-state index contributed by atoms with van der Waals surface area (Å²) in [6, 6.07) is -0.484. The van der Waals surface area contributed by atoms with E-state index in [4.69, 9.17) is 0 Å². The number of hydrogen-bond donors (Lipinski definition) is 2. The van der Waals surface area contributed by atoms with Crippen LogP contribution < -0.4 is 10.6 Å². The minimum atomic E-state index is -0.577. The molecule has 1 atom stereocenters. The Bertz CT molecular complexity index is 302. The van der Waals surface area contributed by atoms with Crippen molar-refractivity contribution in [3.8, 4) is 0 Å². The number of aldehydes is 1. The molecule has 4 nitrogen and oxygen atoms in total. The highest BCUT2D eigenvalue weighted by Gasteiger charge is 2.20. The Labute approximate surface area is 94.3 Å². The van der Waals surface area contributed by atoms with Crippen molar-refractivity contribution in [2.75, 3.05) is 13.2 Å². The molecule has 5 heteroatoms. The van der Waals surface area contributed by atoms with Crippen LogP contribution in [0.2, 0.25) is 0 Å². The predicted molar refractivity (Wildman–Crippen MR) is 58.9 cm³/mol. The summed E-state index contributed by atoms with van der Waals surface area (Å²) >= 11 is 0. The minimum absolute atomic E-state index is 0.0157. The fourth-order valence-corrected chi connectivity index (χ4v) is 1.84. The van der Waals surface area contributed by atoms with E-state index in [1.807, 2.05) is 6.92 Å². The van der Waals surface area contributed by atoms with Crippen LogP contribution in [0.5, 0.6) is 0 Å². The van der Waals surface area contributed by atoms with Gasteiger partial charge in [0, 0.05) is 6.54 Å². The molecule has 0 aromatic heterocycles. The summed E-state index contributed by atoms with van der Waals surface area (Å²) in [7, 11) is 0. The summed E-state index contributed by atoms with van der Waals surface area (Å²) in [4.78, 5) is 22.0. The van der Waals surface area contributed by atoms with Gasteiger partial charge in [-0.15, -0.1) is 0 Å². The molecule has 1 aliphatic carbocycles. The van der Waals surface area contributed by atoms with Gasteiger partial charge < -0.3 is 10.6 Å². The highest BCUT2D eigenvalue weighted by atomic mass is 19.1. The van der Waals surface area contributed by atoms with Crippen molar-refractivity contribution in [1.82, 2.24) is 10.6 Å². The normalized spacial score (nSPS) is 20.5. The monoisotopic (exact) mass is 228 g/mol. The summed E-state index contributed by atoms with van der Waals surface area (Å²) in [6.45, 7) is 1.29. The third-order valence-electron chi connectivity index (χ3n) is 2.80. The van der Waals surface area contributed by atoms with Gasteiger partial charge >= 0.3 is 6.03 Å². The summed E-state index contributed by atoms with van der Waals surface area (Å²) in [5.41, 5.74) is 1.68. The lowest BCUT2D eigenvalue weighted by Gasteiger charge is -2.25. The molecule has 0 aliphatic heterocycles. The van der Waals surface area contributed by atoms with Gasteiger partial charge in [-0.05, 0) is 37.3 Å². The molecule has 0 heterocycles. The summed E-state index contributed by atoms with van der Waals surface area (Å²) < 4.78 is 11.8. The Balaban J connectivity index is 2.53. The third-order valence-corrected chi connectivity index (χ3v) is 2.80. The van der Waals surface area contributed by atoms with E-state index < -0.39 is 6.67 Å². The zero-order valence-electron chi connectivity index (χ0n) is 9.38. The average Bonchev–Trinajstić information content (AvgIpc) is 2.29. The number of alkyl halides is 1. The maximum atomic E-state index is 11.8. The first kappa shape index (κ1) is 12.7. The largest absolute Gasteiger partial charge is 0.336 e. The zero-order chi connectivity index (χ0) is 12.0. The molecule has 0 bridgehead atoms. The van der Waals surface area contributed by atoms with Gasteiger partial charge in [-0.3, -0.25) is 4.79 Å². The lowest BCUT2D eigenvalue weighted by molar-refractivity contribution is -0.105. The second-order valence-electron chi connectivity index (χ2n) is 3.86. The molecule has 0 radical (unpaired) electrons. The number of carbonyl (C=O) groups excluding carboxylic acids is 2. The first-order valence-electron chi connectivity index (χ1n) is 5.44. The quantitative estimate of drug-likeness (QED) is 0.713. The third kappa shape index (κ3) is 3.32. The Morgan fingerprint density at radius 1 is 1.62 bits per heavy atom. The van der Waals surface area contributed by atoms with Crippen LogP contribution in [0.1, 0.15) is 26.2 Å². The van der Waals surface area contributed by atoms with Crippen molar-refractivity contribution < 1.29 is 14.0 Å². The minimum Gasteiger partial charge on any atom is -0.336 e. The molecule has 0 fully saturated rings. The van der Waals surface area contributed by atoms with E-state index in [9.17, 15) is 14.0 Å². The van der Waals surface area contributed by atoms with Gasteiger partial charge in [0.1, 0.15) is 13.0 Å². The van der Waals surface area contributed by atoms with Crippen LogP contribution in [0.25, 0.3) is 0 Å². The van der Waals surface area contributed by atoms with Crippen LogP contribution in [-0.4, -0.2) is 31.6 Å². The molecule has 16 heavy (non-hydrogen) atoms. The van der Waals surface area contributed by atoms with Crippen LogP contribution in [0.4, 0.5) is 9.18 Å². The smallest absolute Gasteiger partial charge is 0.315 e. The topological polar surface area (TPSA) is 58.2 Å². The molecular weight excluding hydrogens is 211 g/mol. The molecule has 0 saturated heterocycles. The molecule has 0 aromatic rings. The number of amides is 2. The van der Waals surface area contributed by atoms with Gasteiger partial charge in [-0.25, -0.2) is 9.18 Å². The Morgan fingerprint density at radius 2 is 2.38 bits per heavy atom. The van der Waals surface area contributed by atoms with Gasteiger partial charge in [0.05, 0.1) is 6.04 Å². The van der Waals surface area contributed by atoms with E-state index >= 15 is 0 Å². The Morgan fingerprint density at radius 3 is 3.00 bits per heavy atom. The Hall–Kier alpha value is -1.39. The van der Waals surface area contributed by atoms with Gasteiger partial charge in [-0.2, -0.15) is 0 Å². The summed E-state index contributed by atoms with van der Waals surface area (Å²) in [5.74, 6) is 0.